The van der Waals surface area contributed by atoms with Crippen LogP contribution in [0.2, 0.25) is 0 Å². The molecule has 0 bridgehead atoms. The van der Waals surface area contributed by atoms with Crippen molar-refractivity contribution in [2.24, 2.45) is 0 Å². The van der Waals surface area contributed by atoms with Crippen molar-refractivity contribution < 1.29 is 19.1 Å². The van der Waals surface area contributed by atoms with Crippen LogP contribution in [0.4, 0.5) is 0 Å². The number of hydrogen-bond acceptors (Lipinski definition) is 4. The second kappa shape index (κ2) is 7.22. The topological polar surface area (TPSA) is 52.6 Å². The molecule has 17 heavy (non-hydrogen) atoms. The number of esters is 2. The first-order valence-electron chi connectivity index (χ1n) is 5.25. The highest BCUT2D eigenvalue weighted by atomic mass is 16.6. The molecule has 1 aromatic carbocycles. The number of carbonyl (C=O) groups is 2. The molecule has 4 nitrogen and oxygen atoms in total. The van der Waals surface area contributed by atoms with Gasteiger partial charge in [0.2, 0.25) is 0 Å². The summed E-state index contributed by atoms with van der Waals surface area (Å²) in [5.74, 6) is -0.865. The Morgan fingerprint density at radius 1 is 1.12 bits per heavy atom. The molecule has 0 saturated heterocycles. The number of ether oxygens (including phenoxy) is 2. The Kier molecular flexibility index (Phi) is 5.51. The SMILES string of the molecule is CC=CC(=O)OCCOC(=O)c1ccccc1. The van der Waals surface area contributed by atoms with Crippen molar-refractivity contribution in [1.82, 2.24) is 0 Å². The predicted molar refractivity (Wildman–Crippen MR) is 62.5 cm³/mol. The zero-order valence-electron chi connectivity index (χ0n) is 9.59. The van der Waals surface area contributed by atoms with Crippen molar-refractivity contribution in [2.75, 3.05) is 13.2 Å². The Labute approximate surface area is 99.8 Å². The van der Waals surface area contributed by atoms with Crippen molar-refractivity contribution in [2.45, 2.75) is 6.92 Å². The molecule has 0 fully saturated rings. The van der Waals surface area contributed by atoms with Crippen LogP contribution in [0, 0.1) is 0 Å². The lowest BCUT2D eigenvalue weighted by molar-refractivity contribution is -0.138. The van der Waals surface area contributed by atoms with Gasteiger partial charge < -0.3 is 9.47 Å². The molecule has 0 aliphatic carbocycles. The summed E-state index contributed by atoms with van der Waals surface area (Å²) in [7, 11) is 0. The van der Waals surface area contributed by atoms with E-state index in [2.05, 4.69) is 0 Å². The lowest BCUT2D eigenvalue weighted by Crippen LogP contribution is -2.12. The van der Waals surface area contributed by atoms with Gasteiger partial charge in [0.1, 0.15) is 13.2 Å². The minimum Gasteiger partial charge on any atom is -0.459 e. The zero-order chi connectivity index (χ0) is 12.5. The Morgan fingerprint density at radius 3 is 2.41 bits per heavy atom. The van der Waals surface area contributed by atoms with Crippen LogP contribution in [0.1, 0.15) is 17.3 Å². The van der Waals surface area contributed by atoms with E-state index in [4.69, 9.17) is 9.47 Å². The standard InChI is InChI=1S/C13H14O4/c1-2-6-12(14)16-9-10-17-13(15)11-7-4-3-5-8-11/h2-8H,9-10H2,1H3. The van der Waals surface area contributed by atoms with Gasteiger partial charge in [0.25, 0.3) is 0 Å². The van der Waals surface area contributed by atoms with E-state index >= 15 is 0 Å². The zero-order valence-corrected chi connectivity index (χ0v) is 9.59. The highest BCUT2D eigenvalue weighted by Gasteiger charge is 2.05. The van der Waals surface area contributed by atoms with Gasteiger partial charge in [-0.05, 0) is 19.1 Å². The summed E-state index contributed by atoms with van der Waals surface area (Å²) in [6.45, 7) is 1.83. The number of benzene rings is 1. The maximum atomic E-state index is 11.4. The average Bonchev–Trinajstić information content (AvgIpc) is 2.36. The molecule has 90 valence electrons. The first-order valence-corrected chi connectivity index (χ1v) is 5.25. The summed E-state index contributed by atoms with van der Waals surface area (Å²) in [6.07, 6.45) is 2.89. The quantitative estimate of drug-likeness (QED) is 0.444. The van der Waals surface area contributed by atoms with Gasteiger partial charge in [-0.2, -0.15) is 0 Å². The highest BCUT2D eigenvalue weighted by molar-refractivity contribution is 5.89. The first-order chi connectivity index (χ1) is 8.24. The molecule has 0 saturated carbocycles. The van der Waals surface area contributed by atoms with Gasteiger partial charge in [-0.15, -0.1) is 0 Å². The van der Waals surface area contributed by atoms with Crippen molar-refractivity contribution in [3.8, 4) is 0 Å². The van der Waals surface area contributed by atoms with Gasteiger partial charge in [-0.25, -0.2) is 9.59 Å². The normalized spacial score (nSPS) is 10.2. The fourth-order valence-electron chi connectivity index (χ4n) is 1.12. The molecule has 0 atom stereocenters. The number of allylic oxidation sites excluding steroid dienone is 1. The van der Waals surface area contributed by atoms with Crippen molar-refractivity contribution in [3.63, 3.8) is 0 Å². The van der Waals surface area contributed by atoms with Crippen molar-refractivity contribution in [3.05, 3.63) is 48.0 Å². The highest BCUT2D eigenvalue weighted by Crippen LogP contribution is 2.00. The first kappa shape index (κ1) is 13.0. The summed E-state index contributed by atoms with van der Waals surface area (Å²) in [6, 6.07) is 8.64. The fraction of sp³-hybridized carbons (Fsp3) is 0.231. The van der Waals surface area contributed by atoms with Crippen LogP contribution in [0.25, 0.3) is 0 Å². The Morgan fingerprint density at radius 2 is 1.76 bits per heavy atom. The van der Waals surface area contributed by atoms with Crippen molar-refractivity contribution in [1.29, 1.82) is 0 Å². The van der Waals surface area contributed by atoms with Crippen molar-refractivity contribution >= 4 is 11.9 Å². The Hall–Kier alpha value is -2.10. The van der Waals surface area contributed by atoms with Gasteiger partial charge in [-0.3, -0.25) is 0 Å². The van der Waals surface area contributed by atoms with Gasteiger partial charge in [0.05, 0.1) is 5.56 Å². The van der Waals surface area contributed by atoms with Gasteiger partial charge in [0, 0.05) is 6.08 Å². The lowest BCUT2D eigenvalue weighted by atomic mass is 10.2. The van der Waals surface area contributed by atoms with E-state index in [1.165, 1.54) is 6.08 Å². The maximum absolute atomic E-state index is 11.4. The molecule has 0 spiro atoms. The second-order valence-electron chi connectivity index (χ2n) is 3.17. The summed E-state index contributed by atoms with van der Waals surface area (Å²) in [5.41, 5.74) is 0.479. The molecule has 0 heterocycles. The third kappa shape index (κ3) is 4.97. The van der Waals surface area contributed by atoms with Crippen LogP contribution in [0.5, 0.6) is 0 Å². The monoisotopic (exact) mass is 234 g/mol. The molecular weight excluding hydrogens is 220 g/mol. The van der Waals surface area contributed by atoms with E-state index in [0.717, 1.165) is 0 Å². The predicted octanol–water partition coefficient (Wildman–Crippen LogP) is 1.96. The van der Waals surface area contributed by atoms with E-state index in [9.17, 15) is 9.59 Å². The molecule has 0 aliphatic rings. The second-order valence-corrected chi connectivity index (χ2v) is 3.17. The minimum absolute atomic E-state index is 0.0526. The van der Waals surface area contributed by atoms with E-state index in [1.807, 2.05) is 6.07 Å². The van der Waals surface area contributed by atoms with Crippen LogP contribution < -0.4 is 0 Å². The van der Waals surface area contributed by atoms with Crippen LogP contribution >= 0.6 is 0 Å². The van der Waals surface area contributed by atoms with E-state index < -0.39 is 11.9 Å². The summed E-state index contributed by atoms with van der Waals surface area (Å²) < 4.78 is 9.68. The smallest absolute Gasteiger partial charge is 0.338 e. The molecule has 0 aliphatic heterocycles. The van der Waals surface area contributed by atoms with E-state index in [-0.39, 0.29) is 13.2 Å². The van der Waals surface area contributed by atoms with Crippen LogP contribution in [-0.2, 0) is 14.3 Å². The molecule has 0 radical (unpaired) electrons. The molecule has 0 N–H and O–H groups in total. The van der Waals surface area contributed by atoms with E-state index in [0.29, 0.717) is 5.56 Å². The van der Waals surface area contributed by atoms with Crippen LogP contribution in [0.3, 0.4) is 0 Å². The number of rotatable bonds is 5. The third-order valence-corrected chi connectivity index (χ3v) is 1.87. The third-order valence-electron chi connectivity index (χ3n) is 1.87. The van der Waals surface area contributed by atoms with E-state index in [1.54, 1.807) is 37.3 Å². The molecule has 1 aromatic rings. The van der Waals surface area contributed by atoms with Crippen LogP contribution in [0.15, 0.2) is 42.5 Å². The molecule has 0 unspecified atom stereocenters. The molecule has 0 aromatic heterocycles. The van der Waals surface area contributed by atoms with Crippen LogP contribution in [-0.4, -0.2) is 25.2 Å². The minimum atomic E-state index is -0.441. The number of hydrogen-bond donors (Lipinski definition) is 0. The van der Waals surface area contributed by atoms with Gasteiger partial charge >= 0.3 is 11.9 Å². The summed E-state index contributed by atoms with van der Waals surface area (Å²) >= 11 is 0. The molecule has 4 heteroatoms. The molecule has 0 amide bonds. The summed E-state index contributed by atoms with van der Waals surface area (Å²) in [4.78, 5) is 22.3. The molecule has 1 rings (SSSR count). The largest absolute Gasteiger partial charge is 0.459 e. The number of carbonyl (C=O) groups excluding carboxylic acids is 2. The molecular formula is C13H14O4. The van der Waals surface area contributed by atoms with Gasteiger partial charge in [0.15, 0.2) is 0 Å². The lowest BCUT2D eigenvalue weighted by Gasteiger charge is -2.04. The fourth-order valence-corrected chi connectivity index (χ4v) is 1.12. The Balaban J connectivity index is 2.24. The Bertz CT molecular complexity index is 395. The average molecular weight is 234 g/mol. The van der Waals surface area contributed by atoms with Gasteiger partial charge in [-0.1, -0.05) is 24.3 Å². The maximum Gasteiger partial charge on any atom is 0.338 e. The summed E-state index contributed by atoms with van der Waals surface area (Å²) in [5, 5.41) is 0.